The van der Waals surface area contributed by atoms with Gasteiger partial charge in [0.25, 0.3) is 5.97 Å². The van der Waals surface area contributed by atoms with E-state index in [1.165, 1.54) is 11.8 Å². The van der Waals surface area contributed by atoms with E-state index < -0.39 is 48.4 Å². The van der Waals surface area contributed by atoms with Crippen molar-refractivity contribution in [3.05, 3.63) is 30.3 Å². The average molecular weight is 443 g/mol. The molecular weight excluding hydrogens is 418 g/mol. The summed E-state index contributed by atoms with van der Waals surface area (Å²) in [5, 5.41) is 29.5. The van der Waals surface area contributed by atoms with Gasteiger partial charge in [0.1, 0.15) is 18.6 Å². The van der Waals surface area contributed by atoms with E-state index in [1.54, 1.807) is 0 Å². The predicted molar refractivity (Wildman–Crippen MR) is 108 cm³/mol. The highest BCUT2D eigenvalue weighted by Crippen LogP contribution is 2.18. The third-order valence-electron chi connectivity index (χ3n) is 3.23. The highest BCUT2D eigenvalue weighted by Gasteiger charge is 2.22. The van der Waals surface area contributed by atoms with Crippen LogP contribution in [0.1, 0.15) is 19.8 Å². The second-order valence-electron chi connectivity index (χ2n) is 5.86. The molecule has 0 radical (unpaired) electrons. The largest absolute Gasteiger partial charge is 0.481 e. The van der Waals surface area contributed by atoms with Crippen molar-refractivity contribution in [2.24, 2.45) is 5.73 Å². The fraction of sp³-hybridized carbons (Fsp3) is 0.389. The number of nitrogens with two attached hydrogens (primary N) is 1. The Balaban J connectivity index is 0.00000192. The van der Waals surface area contributed by atoms with Gasteiger partial charge in [-0.3, -0.25) is 24.0 Å². The number of thioether (sulfide) groups is 1. The highest BCUT2D eigenvalue weighted by molar-refractivity contribution is 7.99. The maximum Gasteiger partial charge on any atom is 0.322 e. The minimum absolute atomic E-state index is 0.0730. The lowest BCUT2D eigenvalue weighted by Gasteiger charge is -2.18. The molecule has 0 aliphatic carbocycles. The molecule has 0 aliphatic rings. The number of hydrogen-bond acceptors (Lipinski definition) is 7. The molecule has 0 saturated carbocycles. The molecule has 7 N–H and O–H groups in total. The summed E-state index contributed by atoms with van der Waals surface area (Å²) in [6.07, 6.45) is -0.233. The third-order valence-corrected chi connectivity index (χ3v) is 4.33. The Hall–Kier alpha value is -3.12. The van der Waals surface area contributed by atoms with E-state index in [0.717, 1.165) is 11.8 Å². The number of hydrogen-bond donors (Lipinski definition) is 6. The van der Waals surface area contributed by atoms with E-state index in [0.29, 0.717) is 0 Å². The van der Waals surface area contributed by atoms with Gasteiger partial charge in [-0.05, 0) is 18.6 Å². The first-order valence-electron chi connectivity index (χ1n) is 8.67. The molecule has 1 aromatic carbocycles. The van der Waals surface area contributed by atoms with E-state index in [2.05, 4.69) is 10.6 Å². The zero-order chi connectivity index (χ0) is 23.1. The van der Waals surface area contributed by atoms with Crippen molar-refractivity contribution >= 4 is 41.5 Å². The van der Waals surface area contributed by atoms with E-state index in [-0.39, 0.29) is 18.6 Å². The van der Waals surface area contributed by atoms with Crippen molar-refractivity contribution in [3.8, 4) is 0 Å². The van der Waals surface area contributed by atoms with Crippen LogP contribution in [0.25, 0.3) is 0 Å². The molecule has 30 heavy (non-hydrogen) atoms. The van der Waals surface area contributed by atoms with Gasteiger partial charge < -0.3 is 31.7 Å². The zero-order valence-corrected chi connectivity index (χ0v) is 17.1. The number of aliphatic carboxylic acids is 3. The van der Waals surface area contributed by atoms with Gasteiger partial charge in [-0.15, -0.1) is 11.8 Å². The van der Waals surface area contributed by atoms with Gasteiger partial charge in [-0.1, -0.05) is 18.2 Å². The number of carbonyl (C=O) groups is 5. The van der Waals surface area contributed by atoms with Gasteiger partial charge in [0.15, 0.2) is 0 Å². The summed E-state index contributed by atoms with van der Waals surface area (Å²) in [7, 11) is 0. The van der Waals surface area contributed by atoms with Crippen LogP contribution in [0.4, 0.5) is 0 Å². The minimum atomic E-state index is -1.21. The number of carboxylic acids is 3. The minimum Gasteiger partial charge on any atom is -0.481 e. The third kappa shape index (κ3) is 14.0. The van der Waals surface area contributed by atoms with Crippen molar-refractivity contribution in [3.63, 3.8) is 0 Å². The first-order valence-corrected chi connectivity index (χ1v) is 9.66. The molecule has 0 spiro atoms. The first-order chi connectivity index (χ1) is 14.0. The number of carboxylic acid groups (broad SMARTS) is 3. The topological polar surface area (TPSA) is 196 Å². The Kier molecular flexibility index (Phi) is 13.3. The smallest absolute Gasteiger partial charge is 0.322 e. The summed E-state index contributed by atoms with van der Waals surface area (Å²) in [6, 6.07) is 7.04. The molecule has 11 nitrogen and oxygen atoms in total. The lowest BCUT2D eigenvalue weighted by atomic mass is 10.1. The van der Waals surface area contributed by atoms with Gasteiger partial charge in [0.05, 0.1) is 0 Å². The summed E-state index contributed by atoms with van der Waals surface area (Å²) in [5.41, 5.74) is 5.34. The van der Waals surface area contributed by atoms with E-state index in [4.69, 9.17) is 25.8 Å². The second kappa shape index (κ2) is 14.8. The van der Waals surface area contributed by atoms with E-state index in [1.807, 2.05) is 30.3 Å². The zero-order valence-electron chi connectivity index (χ0n) is 16.2. The van der Waals surface area contributed by atoms with E-state index >= 15 is 0 Å². The van der Waals surface area contributed by atoms with Crippen LogP contribution in [0.5, 0.6) is 0 Å². The van der Waals surface area contributed by atoms with Crippen molar-refractivity contribution in [2.45, 2.75) is 36.7 Å². The Morgan fingerprint density at radius 1 is 1.07 bits per heavy atom. The molecule has 1 aromatic rings. The molecule has 0 aliphatic heterocycles. The van der Waals surface area contributed by atoms with Gasteiger partial charge in [0.2, 0.25) is 11.8 Å². The molecule has 2 atom stereocenters. The summed E-state index contributed by atoms with van der Waals surface area (Å²) in [4.78, 5) is 55.2. The van der Waals surface area contributed by atoms with Crippen LogP contribution in [-0.2, 0) is 24.0 Å². The molecule has 2 amide bonds. The maximum absolute atomic E-state index is 12.1. The monoisotopic (exact) mass is 443 g/mol. The van der Waals surface area contributed by atoms with Crippen LogP contribution in [0.15, 0.2) is 35.2 Å². The first kappa shape index (κ1) is 26.9. The lowest BCUT2D eigenvalue weighted by molar-refractivity contribution is -0.139. The summed E-state index contributed by atoms with van der Waals surface area (Å²) in [5.74, 6) is -4.23. The Morgan fingerprint density at radius 2 is 1.63 bits per heavy atom. The molecule has 166 valence electrons. The van der Waals surface area contributed by atoms with Gasteiger partial charge in [0, 0.05) is 24.0 Å². The molecule has 0 aromatic heterocycles. The standard InChI is InChI=1S/C16H21N3O6S.C2H4O2/c17-11(16(24)25)6-7-13(20)19-12(15(23)18-8-14(21)22)9-26-10-4-2-1-3-5-10;1-2(3)4/h1-5,11-12H,6-9,17H2,(H,18,23)(H,19,20)(H,21,22)(H,24,25);1H3,(H,3,4). The quantitative estimate of drug-likeness (QED) is 0.248. The van der Waals surface area contributed by atoms with Crippen molar-refractivity contribution < 1.29 is 39.3 Å². The van der Waals surface area contributed by atoms with Crippen LogP contribution in [-0.4, -0.2) is 69.4 Å². The number of rotatable bonds is 11. The molecule has 0 saturated heterocycles. The van der Waals surface area contributed by atoms with Crippen LogP contribution in [0, 0.1) is 0 Å². The molecule has 0 bridgehead atoms. The average Bonchev–Trinajstić information content (AvgIpc) is 2.67. The predicted octanol–water partition coefficient (Wildman–Crippen LogP) is -0.253. The van der Waals surface area contributed by atoms with Crippen molar-refractivity contribution in [1.82, 2.24) is 10.6 Å². The van der Waals surface area contributed by atoms with Crippen molar-refractivity contribution in [2.75, 3.05) is 12.3 Å². The van der Waals surface area contributed by atoms with Gasteiger partial charge in [-0.25, -0.2) is 0 Å². The molecule has 0 heterocycles. The van der Waals surface area contributed by atoms with Crippen LogP contribution in [0.2, 0.25) is 0 Å². The normalized spacial score (nSPS) is 11.8. The van der Waals surface area contributed by atoms with Gasteiger partial charge >= 0.3 is 11.9 Å². The number of amides is 2. The highest BCUT2D eigenvalue weighted by atomic mass is 32.2. The second-order valence-corrected chi connectivity index (χ2v) is 6.95. The summed E-state index contributed by atoms with van der Waals surface area (Å²) in [6.45, 7) is 0.519. The number of nitrogens with one attached hydrogen (secondary N) is 2. The van der Waals surface area contributed by atoms with Crippen LogP contribution in [0.3, 0.4) is 0 Å². The van der Waals surface area contributed by atoms with E-state index in [9.17, 15) is 19.2 Å². The lowest BCUT2D eigenvalue weighted by Crippen LogP contribution is -2.49. The summed E-state index contributed by atoms with van der Waals surface area (Å²) < 4.78 is 0. The fourth-order valence-electron chi connectivity index (χ4n) is 1.84. The van der Waals surface area contributed by atoms with Crippen LogP contribution < -0.4 is 16.4 Å². The van der Waals surface area contributed by atoms with Crippen molar-refractivity contribution in [1.29, 1.82) is 0 Å². The fourth-order valence-corrected chi connectivity index (χ4v) is 2.79. The SMILES string of the molecule is CC(=O)O.NC(CCC(=O)NC(CSc1ccccc1)C(=O)NCC(=O)O)C(=O)O. The van der Waals surface area contributed by atoms with Gasteiger partial charge in [-0.2, -0.15) is 0 Å². The Morgan fingerprint density at radius 3 is 2.13 bits per heavy atom. The molecule has 1 rings (SSSR count). The maximum atomic E-state index is 12.1. The molecule has 0 fully saturated rings. The van der Waals surface area contributed by atoms with Crippen LogP contribution >= 0.6 is 11.8 Å². The number of carbonyl (C=O) groups excluding carboxylic acids is 2. The Labute approximate surface area is 177 Å². The number of benzene rings is 1. The molecule has 12 heteroatoms. The molecular formula is C18H25N3O8S. The summed E-state index contributed by atoms with van der Waals surface area (Å²) >= 11 is 1.32. The molecule has 2 unspecified atom stereocenters. The Bertz CT molecular complexity index is 725.